The predicted octanol–water partition coefficient (Wildman–Crippen LogP) is 18.9. The highest BCUT2D eigenvalue weighted by molar-refractivity contribution is 7.45. The Kier molecular flexibility index (Phi) is 54.0. The monoisotopic (exact) mass is 1040 g/mol. The number of rotatable bonds is 59. The molecule has 3 unspecified atom stereocenters. The zero-order chi connectivity index (χ0) is 52.7. The molecule has 2 N–H and O–H groups in total. The maximum Gasteiger partial charge on any atom is 0.268 e. The molecule has 0 fully saturated rings. The van der Waals surface area contributed by atoms with Crippen LogP contribution in [0.4, 0.5) is 0 Å². The normalized spacial score (nSPS) is 13.9. The molecule has 0 radical (unpaired) electrons. The average Bonchev–Trinajstić information content (AvgIpc) is 3.34. The van der Waals surface area contributed by atoms with Crippen molar-refractivity contribution in [2.75, 3.05) is 40.9 Å². The van der Waals surface area contributed by atoms with Crippen molar-refractivity contribution in [3.8, 4) is 0 Å². The predicted molar refractivity (Wildman–Crippen MR) is 312 cm³/mol. The lowest BCUT2D eigenvalue weighted by Crippen LogP contribution is -2.45. The van der Waals surface area contributed by atoms with Crippen LogP contribution in [0.2, 0.25) is 0 Å². The molecule has 0 saturated carbocycles. The van der Waals surface area contributed by atoms with E-state index in [1.54, 1.807) is 6.08 Å². The summed E-state index contributed by atoms with van der Waals surface area (Å²) < 4.78 is 23.4. The number of aliphatic hydroxyl groups excluding tert-OH is 1. The summed E-state index contributed by atoms with van der Waals surface area (Å²) in [5.74, 6) is -0.193. The van der Waals surface area contributed by atoms with E-state index >= 15 is 0 Å². The van der Waals surface area contributed by atoms with Crippen LogP contribution in [0, 0.1) is 0 Å². The van der Waals surface area contributed by atoms with Gasteiger partial charge in [0.1, 0.15) is 13.2 Å². The highest BCUT2D eigenvalue weighted by atomic mass is 31.2. The average molecular weight is 1040 g/mol. The van der Waals surface area contributed by atoms with Crippen LogP contribution in [-0.4, -0.2) is 68.5 Å². The Morgan fingerprint density at radius 2 is 0.764 bits per heavy atom. The van der Waals surface area contributed by atoms with E-state index in [-0.39, 0.29) is 19.1 Å². The molecular formula is C63H125N2O6P. The zero-order valence-corrected chi connectivity index (χ0v) is 49.8. The molecule has 0 saturated heterocycles. The van der Waals surface area contributed by atoms with Crippen LogP contribution >= 0.6 is 7.82 Å². The van der Waals surface area contributed by atoms with Gasteiger partial charge in [-0.2, -0.15) is 0 Å². The molecule has 0 aromatic carbocycles. The fourth-order valence-electron chi connectivity index (χ4n) is 9.68. The van der Waals surface area contributed by atoms with Gasteiger partial charge in [0, 0.05) is 6.42 Å². The van der Waals surface area contributed by atoms with Crippen LogP contribution in [-0.2, 0) is 18.4 Å². The number of unbranched alkanes of at least 4 members (excludes halogenated alkanes) is 44. The maximum atomic E-state index is 13.0. The second kappa shape index (κ2) is 54.8. The highest BCUT2D eigenvalue weighted by Crippen LogP contribution is 2.38. The van der Waals surface area contributed by atoms with Crippen molar-refractivity contribution in [3.05, 3.63) is 24.3 Å². The fourth-order valence-corrected chi connectivity index (χ4v) is 10.4. The standard InChI is InChI=1S/C63H125N2O6P/c1-6-8-10-12-14-16-18-20-22-24-26-28-30-32-33-35-37-39-41-43-45-47-49-51-53-55-57-63(67)64-61(60-71-72(68,69)70-59-58-65(3,4)5)62(66)56-54-52-50-48-46-44-42-40-38-36-34-31-29-27-25-23-21-19-17-15-13-11-9-7-2/h32-33,54,56,61-62,66H,6-31,34-53,55,57-60H2,1-5H3,(H-,64,67,68,69)/b33-32-,56-54+. The van der Waals surface area contributed by atoms with Crippen molar-refractivity contribution in [1.82, 2.24) is 5.32 Å². The first-order chi connectivity index (χ1) is 35.0. The van der Waals surface area contributed by atoms with E-state index in [4.69, 9.17) is 9.05 Å². The van der Waals surface area contributed by atoms with Crippen molar-refractivity contribution in [1.29, 1.82) is 0 Å². The minimum Gasteiger partial charge on any atom is -0.756 e. The Hall–Kier alpha value is -1.02. The smallest absolute Gasteiger partial charge is 0.268 e. The molecule has 72 heavy (non-hydrogen) atoms. The Morgan fingerprint density at radius 3 is 1.08 bits per heavy atom. The van der Waals surface area contributed by atoms with Gasteiger partial charge in [-0.05, 0) is 44.9 Å². The number of nitrogens with zero attached hydrogens (tertiary/aromatic N) is 1. The number of likely N-dealkylation sites (N-methyl/N-ethyl adjacent to an activating group) is 1. The first-order valence-electron chi connectivity index (χ1n) is 31.7. The summed E-state index contributed by atoms with van der Waals surface area (Å²) in [6.07, 6.45) is 69.8. The molecule has 0 spiro atoms. The Balaban J connectivity index is 4.13. The van der Waals surface area contributed by atoms with E-state index in [0.717, 1.165) is 38.5 Å². The third-order valence-corrected chi connectivity index (χ3v) is 15.6. The van der Waals surface area contributed by atoms with E-state index < -0.39 is 20.0 Å². The Bertz CT molecular complexity index is 1220. The third-order valence-electron chi connectivity index (χ3n) is 14.7. The van der Waals surface area contributed by atoms with Crippen LogP contribution in [0.25, 0.3) is 0 Å². The number of quaternary nitrogens is 1. The number of amides is 1. The summed E-state index contributed by atoms with van der Waals surface area (Å²) in [6, 6.07) is -0.886. The van der Waals surface area contributed by atoms with Crippen LogP contribution in [0.5, 0.6) is 0 Å². The van der Waals surface area contributed by atoms with Crippen LogP contribution < -0.4 is 10.2 Å². The first-order valence-corrected chi connectivity index (χ1v) is 33.2. The lowest BCUT2D eigenvalue weighted by molar-refractivity contribution is -0.870. The van der Waals surface area contributed by atoms with Gasteiger partial charge in [0.25, 0.3) is 7.82 Å². The van der Waals surface area contributed by atoms with Gasteiger partial charge in [0.2, 0.25) is 5.91 Å². The number of carbonyl (C=O) groups is 1. The van der Waals surface area contributed by atoms with Crippen molar-refractivity contribution in [3.63, 3.8) is 0 Å². The molecule has 0 heterocycles. The molecule has 428 valence electrons. The Labute approximate surface area is 449 Å². The van der Waals surface area contributed by atoms with Gasteiger partial charge < -0.3 is 28.8 Å². The molecule has 8 nitrogen and oxygen atoms in total. The minimum absolute atomic E-state index is 0.000718. The van der Waals surface area contributed by atoms with Gasteiger partial charge in [-0.25, -0.2) is 0 Å². The molecule has 0 aromatic rings. The summed E-state index contributed by atoms with van der Waals surface area (Å²) in [4.78, 5) is 25.6. The molecular weight excluding hydrogens is 912 g/mol. The third kappa shape index (κ3) is 56.7. The number of carbonyl (C=O) groups excluding carboxylic acids is 1. The lowest BCUT2D eigenvalue weighted by Gasteiger charge is -2.29. The van der Waals surface area contributed by atoms with Gasteiger partial charge in [-0.15, -0.1) is 0 Å². The van der Waals surface area contributed by atoms with Gasteiger partial charge >= 0.3 is 0 Å². The van der Waals surface area contributed by atoms with Gasteiger partial charge in [-0.3, -0.25) is 9.36 Å². The minimum atomic E-state index is -4.60. The summed E-state index contributed by atoms with van der Waals surface area (Å²) in [7, 11) is 1.27. The van der Waals surface area contributed by atoms with E-state index in [2.05, 4.69) is 31.3 Å². The molecule has 0 bridgehead atoms. The molecule has 1 amide bonds. The summed E-state index contributed by atoms with van der Waals surface area (Å²) in [5, 5.41) is 13.9. The van der Waals surface area contributed by atoms with E-state index in [9.17, 15) is 19.4 Å². The van der Waals surface area contributed by atoms with E-state index in [1.807, 2.05) is 27.2 Å². The molecule has 3 atom stereocenters. The molecule has 0 aromatic heterocycles. The number of nitrogens with one attached hydrogen (secondary N) is 1. The largest absolute Gasteiger partial charge is 0.756 e. The van der Waals surface area contributed by atoms with Gasteiger partial charge in [-0.1, -0.05) is 295 Å². The first kappa shape index (κ1) is 71.0. The summed E-state index contributed by atoms with van der Waals surface area (Å²) in [6.45, 7) is 4.70. The van der Waals surface area contributed by atoms with Crippen molar-refractivity contribution in [2.24, 2.45) is 0 Å². The van der Waals surface area contributed by atoms with E-state index in [0.29, 0.717) is 17.4 Å². The highest BCUT2D eigenvalue weighted by Gasteiger charge is 2.23. The number of aliphatic hydroxyl groups is 1. The molecule has 0 aliphatic carbocycles. The van der Waals surface area contributed by atoms with Crippen LogP contribution in [0.15, 0.2) is 24.3 Å². The molecule has 0 aliphatic rings. The van der Waals surface area contributed by atoms with Crippen molar-refractivity contribution in [2.45, 2.75) is 334 Å². The van der Waals surface area contributed by atoms with Crippen LogP contribution in [0.1, 0.15) is 322 Å². The topological polar surface area (TPSA) is 108 Å². The second-order valence-electron chi connectivity index (χ2n) is 23.1. The Morgan fingerprint density at radius 1 is 0.472 bits per heavy atom. The van der Waals surface area contributed by atoms with Crippen molar-refractivity contribution >= 4 is 13.7 Å². The number of phosphoric acid groups is 1. The number of hydrogen-bond donors (Lipinski definition) is 2. The number of allylic oxidation sites excluding steroid dienone is 3. The molecule has 0 aliphatic heterocycles. The summed E-state index contributed by atoms with van der Waals surface area (Å²) in [5.41, 5.74) is 0. The van der Waals surface area contributed by atoms with Gasteiger partial charge in [0.15, 0.2) is 0 Å². The molecule has 0 rings (SSSR count). The number of hydrogen-bond acceptors (Lipinski definition) is 6. The quantitative estimate of drug-likeness (QED) is 0.0272. The van der Waals surface area contributed by atoms with E-state index in [1.165, 1.54) is 263 Å². The second-order valence-corrected chi connectivity index (χ2v) is 24.5. The van der Waals surface area contributed by atoms with Crippen molar-refractivity contribution < 1.29 is 32.9 Å². The number of phosphoric ester groups is 1. The van der Waals surface area contributed by atoms with Gasteiger partial charge in [0.05, 0.1) is 39.9 Å². The summed E-state index contributed by atoms with van der Waals surface area (Å²) >= 11 is 0. The molecule has 9 heteroatoms. The fraction of sp³-hybridized carbons (Fsp3) is 0.921. The zero-order valence-electron chi connectivity index (χ0n) is 48.9. The SMILES string of the molecule is CCCCCCCCCCCCCC/C=C\CCCCCCCCCCCCC(=O)NC(COP(=O)([O-])OCC[N+](C)(C)C)C(O)/C=C/CCCCCCCCCCCCCCCCCCCCCCCC. The maximum absolute atomic E-state index is 13.0. The lowest BCUT2D eigenvalue weighted by atomic mass is 10.0. The van der Waals surface area contributed by atoms with Crippen LogP contribution in [0.3, 0.4) is 0 Å².